The Morgan fingerprint density at radius 2 is 1.89 bits per heavy atom. The lowest BCUT2D eigenvalue weighted by molar-refractivity contribution is -0.118. The van der Waals surface area contributed by atoms with Gasteiger partial charge in [-0.1, -0.05) is 64.7 Å². The molecule has 0 atom stereocenters. The van der Waals surface area contributed by atoms with Crippen LogP contribution in [0.2, 0.25) is 0 Å². The maximum Gasteiger partial charge on any atom is 0.250 e. The van der Waals surface area contributed by atoms with Gasteiger partial charge in [0.2, 0.25) is 0 Å². The molecule has 2 heterocycles. The molecule has 1 amide bonds. The monoisotopic (exact) mass is 434 g/mol. The minimum absolute atomic E-state index is 0.158. The van der Waals surface area contributed by atoms with E-state index in [0.29, 0.717) is 0 Å². The number of hydrogen-bond donors (Lipinski definition) is 1. The van der Waals surface area contributed by atoms with Gasteiger partial charge in [-0.05, 0) is 36.4 Å². The molecule has 140 valence electrons. The zero-order chi connectivity index (χ0) is 19.1. The lowest BCUT2D eigenvalue weighted by atomic mass is 10.2. The Balaban J connectivity index is 1.41. The third-order valence-electron chi connectivity index (χ3n) is 3.47. The highest BCUT2D eigenvalue weighted by atomic mass is 32.2. The van der Waals surface area contributed by atoms with E-state index in [2.05, 4.69) is 51.9 Å². The largest absolute Gasteiger partial charge is 0.272 e. The van der Waals surface area contributed by atoms with Crippen molar-refractivity contribution in [1.29, 1.82) is 0 Å². The molecule has 0 saturated heterocycles. The van der Waals surface area contributed by atoms with E-state index in [1.165, 1.54) is 34.2 Å². The van der Waals surface area contributed by atoms with E-state index in [1.54, 1.807) is 29.3 Å². The predicted molar refractivity (Wildman–Crippen MR) is 116 cm³/mol. The Labute approximate surface area is 174 Å². The lowest BCUT2D eigenvalue weighted by Crippen LogP contribution is -2.19. The summed E-state index contributed by atoms with van der Waals surface area (Å²) in [6.45, 7) is 4.09. The van der Waals surface area contributed by atoms with Crippen LogP contribution in [0.4, 0.5) is 0 Å². The third-order valence-corrected chi connectivity index (χ3v) is 7.68. The third kappa shape index (κ3) is 6.46. The van der Waals surface area contributed by atoms with E-state index in [1.807, 2.05) is 18.4 Å². The van der Waals surface area contributed by atoms with Crippen molar-refractivity contribution in [2.24, 2.45) is 5.10 Å². The highest BCUT2D eigenvalue weighted by molar-refractivity contribution is 8.03. The average molecular weight is 435 g/mol. The summed E-state index contributed by atoms with van der Waals surface area (Å²) >= 11 is 6.13. The fourth-order valence-electron chi connectivity index (χ4n) is 1.98. The van der Waals surface area contributed by atoms with Gasteiger partial charge in [0, 0.05) is 10.6 Å². The number of nitrogens with zero attached hydrogens (tertiary/aromatic N) is 3. The number of carbonyl (C=O) groups excluding carboxylic acids is 1. The molecule has 0 saturated carbocycles. The van der Waals surface area contributed by atoms with Crippen molar-refractivity contribution in [2.45, 2.75) is 28.3 Å². The summed E-state index contributed by atoms with van der Waals surface area (Å²) in [5, 5.41) is 14.3. The topological polar surface area (TPSA) is 67.2 Å². The van der Waals surface area contributed by atoms with E-state index in [4.69, 9.17) is 0 Å². The zero-order valence-electron chi connectivity index (χ0n) is 14.8. The molecule has 0 aliphatic rings. The molecular weight excluding hydrogens is 416 g/mol. The maximum atomic E-state index is 11.9. The number of aromatic nitrogens is 2. The standard InChI is InChI=1S/C18H18N4OS4/c1-12-3-5-14(6-4-12)10-25-17-21-22-18(27-17)26-11-16(23)20-19-9-15-13(2)7-8-24-15/h3-9H,10-11H2,1-2H3,(H,20,23)/b19-9+. The van der Waals surface area contributed by atoms with E-state index in [-0.39, 0.29) is 11.7 Å². The van der Waals surface area contributed by atoms with E-state index in [0.717, 1.165) is 24.9 Å². The van der Waals surface area contributed by atoms with Gasteiger partial charge in [-0.2, -0.15) is 5.10 Å². The highest BCUT2D eigenvalue weighted by Gasteiger charge is 2.08. The first kappa shape index (κ1) is 20.1. The van der Waals surface area contributed by atoms with E-state index >= 15 is 0 Å². The van der Waals surface area contributed by atoms with Crippen molar-refractivity contribution < 1.29 is 4.79 Å². The van der Waals surface area contributed by atoms with Crippen molar-refractivity contribution in [3.8, 4) is 0 Å². The SMILES string of the molecule is Cc1ccc(CSc2nnc(SCC(=O)N/N=C/c3sccc3C)s2)cc1. The van der Waals surface area contributed by atoms with Gasteiger partial charge in [0.1, 0.15) is 0 Å². The summed E-state index contributed by atoms with van der Waals surface area (Å²) in [6, 6.07) is 10.5. The molecule has 27 heavy (non-hydrogen) atoms. The molecule has 0 bridgehead atoms. The van der Waals surface area contributed by atoms with Crippen molar-refractivity contribution in [3.05, 3.63) is 57.3 Å². The number of amides is 1. The summed E-state index contributed by atoms with van der Waals surface area (Å²) in [5.74, 6) is 0.962. The second-order valence-corrected chi connectivity index (χ2v) is 10.0. The number of nitrogens with one attached hydrogen (secondary N) is 1. The first-order valence-electron chi connectivity index (χ1n) is 8.11. The molecule has 3 aromatic rings. The van der Waals surface area contributed by atoms with Crippen molar-refractivity contribution in [2.75, 3.05) is 5.75 Å². The van der Waals surface area contributed by atoms with E-state index in [9.17, 15) is 4.79 Å². The molecule has 0 fully saturated rings. The Morgan fingerprint density at radius 3 is 2.59 bits per heavy atom. The van der Waals surface area contributed by atoms with E-state index < -0.39 is 0 Å². The lowest BCUT2D eigenvalue weighted by Gasteiger charge is -1.99. The maximum absolute atomic E-state index is 11.9. The first-order chi connectivity index (χ1) is 13.1. The second-order valence-electron chi connectivity index (χ2n) is 5.66. The van der Waals surface area contributed by atoms with Gasteiger partial charge < -0.3 is 0 Å². The minimum Gasteiger partial charge on any atom is -0.272 e. The van der Waals surface area contributed by atoms with Crippen LogP contribution < -0.4 is 5.43 Å². The molecule has 9 heteroatoms. The second kappa shape index (κ2) is 10.0. The fourth-order valence-corrected chi connectivity index (χ4v) is 5.54. The number of carbonyl (C=O) groups is 1. The zero-order valence-corrected chi connectivity index (χ0v) is 18.1. The molecule has 3 rings (SSSR count). The van der Waals surface area contributed by atoms with Gasteiger partial charge in [-0.25, -0.2) is 5.43 Å². The Hall–Kier alpha value is -1.68. The Morgan fingerprint density at radius 1 is 1.15 bits per heavy atom. The number of thioether (sulfide) groups is 2. The van der Waals surface area contributed by atoms with Crippen LogP contribution in [0, 0.1) is 13.8 Å². The summed E-state index contributed by atoms with van der Waals surface area (Å²) in [6.07, 6.45) is 1.67. The number of rotatable bonds is 8. The van der Waals surface area contributed by atoms with Crippen LogP contribution >= 0.6 is 46.2 Å². The van der Waals surface area contributed by atoms with Crippen LogP contribution in [0.1, 0.15) is 21.6 Å². The summed E-state index contributed by atoms with van der Waals surface area (Å²) in [4.78, 5) is 12.9. The molecule has 2 aromatic heterocycles. The molecule has 1 N–H and O–H groups in total. The summed E-state index contributed by atoms with van der Waals surface area (Å²) in [5.41, 5.74) is 6.21. The van der Waals surface area contributed by atoms with Gasteiger partial charge in [0.25, 0.3) is 5.91 Å². The average Bonchev–Trinajstić information content (AvgIpc) is 3.29. The van der Waals surface area contributed by atoms with Crippen LogP contribution in [0.3, 0.4) is 0 Å². The number of benzene rings is 1. The molecule has 0 radical (unpaired) electrons. The van der Waals surface area contributed by atoms with Crippen LogP contribution in [0.5, 0.6) is 0 Å². The first-order valence-corrected chi connectivity index (χ1v) is 11.8. The number of aryl methyl sites for hydroxylation is 2. The molecule has 0 aliphatic heterocycles. The van der Waals surface area contributed by atoms with Crippen molar-refractivity contribution >= 4 is 58.3 Å². The number of thiophene rings is 1. The molecule has 0 aliphatic carbocycles. The highest BCUT2D eigenvalue weighted by Crippen LogP contribution is 2.30. The smallest absolute Gasteiger partial charge is 0.250 e. The van der Waals surface area contributed by atoms with Crippen LogP contribution in [0.25, 0.3) is 0 Å². The minimum atomic E-state index is -0.158. The Bertz CT molecular complexity index is 918. The van der Waals surface area contributed by atoms with Crippen LogP contribution in [-0.4, -0.2) is 28.1 Å². The molecule has 0 spiro atoms. The van der Waals surface area contributed by atoms with Crippen molar-refractivity contribution in [3.63, 3.8) is 0 Å². The van der Waals surface area contributed by atoms with Gasteiger partial charge in [0.05, 0.1) is 12.0 Å². The summed E-state index contributed by atoms with van der Waals surface area (Å²) < 4.78 is 1.69. The predicted octanol–water partition coefficient (Wildman–Crippen LogP) is 4.75. The normalized spacial score (nSPS) is 11.2. The molecular formula is C18H18N4OS4. The summed E-state index contributed by atoms with van der Waals surface area (Å²) in [7, 11) is 0. The van der Waals surface area contributed by atoms with Gasteiger partial charge >= 0.3 is 0 Å². The van der Waals surface area contributed by atoms with Crippen LogP contribution in [-0.2, 0) is 10.5 Å². The van der Waals surface area contributed by atoms with Crippen LogP contribution in [0.15, 0.2) is 49.5 Å². The quantitative estimate of drug-likeness (QED) is 0.315. The van der Waals surface area contributed by atoms with Gasteiger partial charge in [-0.15, -0.1) is 21.5 Å². The number of hydrogen-bond acceptors (Lipinski definition) is 8. The fraction of sp³-hybridized carbons (Fsp3) is 0.222. The molecule has 0 unspecified atom stereocenters. The molecule has 1 aromatic carbocycles. The van der Waals surface area contributed by atoms with Crippen molar-refractivity contribution in [1.82, 2.24) is 15.6 Å². The Kier molecular flexibility index (Phi) is 7.45. The number of hydrazone groups is 1. The van der Waals surface area contributed by atoms with Gasteiger partial charge in [-0.3, -0.25) is 4.79 Å². The van der Waals surface area contributed by atoms with Gasteiger partial charge in [0.15, 0.2) is 8.68 Å². The molecule has 5 nitrogen and oxygen atoms in total.